The molecule has 0 aliphatic carbocycles. The molecule has 0 aliphatic rings. The molecule has 5 nitrogen and oxygen atoms in total. The van der Waals surface area contributed by atoms with Gasteiger partial charge in [-0.15, -0.1) is 0 Å². The van der Waals surface area contributed by atoms with Crippen molar-refractivity contribution in [3.05, 3.63) is 46.2 Å². The van der Waals surface area contributed by atoms with Gasteiger partial charge in [-0.3, -0.25) is 4.68 Å². The first kappa shape index (κ1) is 13.6. The van der Waals surface area contributed by atoms with Gasteiger partial charge in [-0.2, -0.15) is 5.10 Å². The zero-order valence-electron chi connectivity index (χ0n) is 10.5. The van der Waals surface area contributed by atoms with Crippen LogP contribution < -0.4 is 5.73 Å². The van der Waals surface area contributed by atoms with Crippen LogP contribution in [0.2, 0.25) is 0 Å². The predicted octanol–water partition coefficient (Wildman–Crippen LogP) is 2.16. The minimum Gasteiger partial charge on any atom is -0.462 e. The molecule has 0 bridgehead atoms. The Morgan fingerprint density at radius 3 is 2.89 bits per heavy atom. The molecular formula is C13H14BrN3O2. The second kappa shape index (κ2) is 5.88. The van der Waals surface area contributed by atoms with Crippen LogP contribution in [0.15, 0.2) is 35.1 Å². The lowest BCUT2D eigenvalue weighted by Crippen LogP contribution is -2.08. The van der Waals surface area contributed by atoms with E-state index in [4.69, 9.17) is 10.5 Å². The predicted molar refractivity (Wildman–Crippen MR) is 75.7 cm³/mol. The van der Waals surface area contributed by atoms with Crippen molar-refractivity contribution in [3.8, 4) is 0 Å². The normalized spacial score (nSPS) is 10.4. The number of ether oxygens (including phenoxy) is 1. The number of benzene rings is 1. The van der Waals surface area contributed by atoms with Crippen LogP contribution in [-0.4, -0.2) is 22.4 Å². The van der Waals surface area contributed by atoms with Crippen molar-refractivity contribution in [2.45, 2.75) is 6.42 Å². The van der Waals surface area contributed by atoms with Crippen molar-refractivity contribution >= 4 is 27.6 Å². The van der Waals surface area contributed by atoms with Crippen LogP contribution in [0.3, 0.4) is 0 Å². The molecule has 1 aromatic heterocycles. The Labute approximate surface area is 119 Å². The van der Waals surface area contributed by atoms with Gasteiger partial charge in [-0.1, -0.05) is 15.9 Å². The van der Waals surface area contributed by atoms with E-state index in [1.807, 2.05) is 13.2 Å². The van der Waals surface area contributed by atoms with Gasteiger partial charge >= 0.3 is 5.97 Å². The van der Waals surface area contributed by atoms with E-state index < -0.39 is 0 Å². The second-order valence-corrected chi connectivity index (χ2v) is 5.10. The molecular weight excluding hydrogens is 310 g/mol. The fraction of sp³-hybridized carbons (Fsp3) is 0.231. The Hall–Kier alpha value is -1.82. The maximum atomic E-state index is 11.8. The average molecular weight is 324 g/mol. The number of hydrogen-bond acceptors (Lipinski definition) is 4. The van der Waals surface area contributed by atoms with Gasteiger partial charge in [0.25, 0.3) is 0 Å². The third kappa shape index (κ3) is 3.82. The van der Waals surface area contributed by atoms with Crippen molar-refractivity contribution in [2.24, 2.45) is 7.05 Å². The third-order valence-corrected chi connectivity index (χ3v) is 3.00. The summed E-state index contributed by atoms with van der Waals surface area (Å²) in [5.41, 5.74) is 7.67. The van der Waals surface area contributed by atoms with Crippen molar-refractivity contribution in [3.63, 3.8) is 0 Å². The van der Waals surface area contributed by atoms with Crippen molar-refractivity contribution in [1.29, 1.82) is 0 Å². The average Bonchev–Trinajstić information content (AvgIpc) is 2.73. The van der Waals surface area contributed by atoms with E-state index in [9.17, 15) is 4.79 Å². The van der Waals surface area contributed by atoms with Crippen molar-refractivity contribution < 1.29 is 9.53 Å². The number of carbonyl (C=O) groups is 1. The minimum absolute atomic E-state index is 0.316. The molecule has 0 spiro atoms. The number of rotatable bonds is 4. The Bertz CT molecular complexity index is 575. The van der Waals surface area contributed by atoms with Gasteiger partial charge in [0.1, 0.15) is 0 Å². The highest BCUT2D eigenvalue weighted by Crippen LogP contribution is 2.18. The first-order valence-corrected chi connectivity index (χ1v) is 6.54. The SMILES string of the molecule is Cn1cc(CCOC(=O)c2cc(N)cc(Br)c2)cn1. The third-order valence-electron chi connectivity index (χ3n) is 2.54. The number of aromatic nitrogens is 2. The summed E-state index contributed by atoms with van der Waals surface area (Å²) in [6.45, 7) is 0.316. The number of nitrogen functional groups attached to an aromatic ring is 1. The molecule has 0 saturated carbocycles. The Kier molecular flexibility index (Phi) is 4.21. The standard InChI is InChI=1S/C13H14BrN3O2/c1-17-8-9(7-16-17)2-3-19-13(18)10-4-11(14)6-12(15)5-10/h4-8H,2-3,15H2,1H3. The number of nitrogens with zero attached hydrogens (tertiary/aromatic N) is 2. The maximum absolute atomic E-state index is 11.8. The summed E-state index contributed by atoms with van der Waals surface area (Å²) in [6.07, 6.45) is 4.29. The zero-order valence-corrected chi connectivity index (χ0v) is 12.1. The fourth-order valence-corrected chi connectivity index (χ4v) is 2.19. The summed E-state index contributed by atoms with van der Waals surface area (Å²) in [5, 5.41) is 4.05. The van der Waals surface area contributed by atoms with Gasteiger partial charge in [0.05, 0.1) is 18.4 Å². The largest absolute Gasteiger partial charge is 0.462 e. The number of anilines is 1. The van der Waals surface area contributed by atoms with Crippen LogP contribution >= 0.6 is 15.9 Å². The molecule has 0 atom stereocenters. The van der Waals surface area contributed by atoms with E-state index >= 15 is 0 Å². The summed E-state index contributed by atoms with van der Waals surface area (Å²) in [4.78, 5) is 11.8. The zero-order chi connectivity index (χ0) is 13.8. The summed E-state index contributed by atoms with van der Waals surface area (Å²) in [7, 11) is 1.85. The number of nitrogens with two attached hydrogens (primary N) is 1. The van der Waals surface area contributed by atoms with Crippen LogP contribution in [0.25, 0.3) is 0 Å². The van der Waals surface area contributed by atoms with Crippen molar-refractivity contribution in [2.75, 3.05) is 12.3 Å². The number of carbonyl (C=O) groups excluding carboxylic acids is 1. The molecule has 2 rings (SSSR count). The molecule has 19 heavy (non-hydrogen) atoms. The van der Waals surface area contributed by atoms with Gasteiger partial charge in [0, 0.05) is 29.8 Å². The molecule has 0 saturated heterocycles. The maximum Gasteiger partial charge on any atom is 0.338 e. The summed E-state index contributed by atoms with van der Waals surface area (Å²) >= 11 is 3.29. The summed E-state index contributed by atoms with van der Waals surface area (Å²) in [6, 6.07) is 5.01. The van der Waals surface area contributed by atoms with Crippen molar-refractivity contribution in [1.82, 2.24) is 9.78 Å². The lowest BCUT2D eigenvalue weighted by Gasteiger charge is -2.05. The number of esters is 1. The molecule has 1 aromatic carbocycles. The van der Waals surface area contributed by atoms with Gasteiger partial charge in [-0.05, 0) is 23.8 Å². The van der Waals surface area contributed by atoms with Gasteiger partial charge in [0.15, 0.2) is 0 Å². The van der Waals surface area contributed by atoms with Gasteiger partial charge < -0.3 is 10.5 Å². The van der Waals surface area contributed by atoms with Gasteiger partial charge in [-0.25, -0.2) is 4.79 Å². The van der Waals surface area contributed by atoms with E-state index in [0.29, 0.717) is 24.3 Å². The van der Waals surface area contributed by atoms with E-state index in [1.54, 1.807) is 29.1 Å². The van der Waals surface area contributed by atoms with E-state index in [0.717, 1.165) is 10.0 Å². The van der Waals surface area contributed by atoms with E-state index in [2.05, 4.69) is 21.0 Å². The molecule has 100 valence electrons. The smallest absolute Gasteiger partial charge is 0.338 e. The molecule has 6 heteroatoms. The lowest BCUT2D eigenvalue weighted by molar-refractivity contribution is 0.0509. The molecule has 0 unspecified atom stereocenters. The summed E-state index contributed by atoms with van der Waals surface area (Å²) < 4.78 is 7.67. The number of halogens is 1. The Morgan fingerprint density at radius 2 is 2.26 bits per heavy atom. The fourth-order valence-electron chi connectivity index (χ4n) is 1.68. The molecule has 0 amide bonds. The number of hydrogen-bond donors (Lipinski definition) is 1. The monoisotopic (exact) mass is 323 g/mol. The van der Waals surface area contributed by atoms with Gasteiger partial charge in [0.2, 0.25) is 0 Å². The van der Waals surface area contributed by atoms with E-state index in [1.165, 1.54) is 0 Å². The first-order valence-electron chi connectivity index (χ1n) is 5.75. The minimum atomic E-state index is -0.378. The quantitative estimate of drug-likeness (QED) is 0.691. The first-order chi connectivity index (χ1) is 9.04. The van der Waals surface area contributed by atoms with Crippen LogP contribution in [0.5, 0.6) is 0 Å². The molecule has 2 N–H and O–H groups in total. The molecule has 0 aliphatic heterocycles. The summed E-state index contributed by atoms with van der Waals surface area (Å²) in [5.74, 6) is -0.378. The molecule has 2 aromatic rings. The van der Waals surface area contributed by atoms with Crippen LogP contribution in [0.4, 0.5) is 5.69 Å². The highest BCUT2D eigenvalue weighted by Gasteiger charge is 2.09. The molecule has 0 radical (unpaired) electrons. The molecule has 0 fully saturated rings. The highest BCUT2D eigenvalue weighted by molar-refractivity contribution is 9.10. The topological polar surface area (TPSA) is 70.1 Å². The Morgan fingerprint density at radius 1 is 1.47 bits per heavy atom. The molecule has 1 heterocycles. The second-order valence-electron chi connectivity index (χ2n) is 4.18. The van der Waals surface area contributed by atoms with Crippen LogP contribution in [-0.2, 0) is 18.2 Å². The Balaban J connectivity index is 1.90. The highest BCUT2D eigenvalue weighted by atomic mass is 79.9. The number of aryl methyl sites for hydroxylation is 1. The van der Waals surface area contributed by atoms with E-state index in [-0.39, 0.29) is 5.97 Å². The lowest BCUT2D eigenvalue weighted by atomic mass is 10.2. The van der Waals surface area contributed by atoms with Crippen LogP contribution in [0.1, 0.15) is 15.9 Å². The van der Waals surface area contributed by atoms with Crippen LogP contribution in [0, 0.1) is 0 Å².